The fourth-order valence-corrected chi connectivity index (χ4v) is 2.11. The third kappa shape index (κ3) is 1.93. The van der Waals surface area contributed by atoms with Gasteiger partial charge in [-0.05, 0) is 30.2 Å². The Morgan fingerprint density at radius 3 is 2.88 bits per heavy atom. The normalized spacial score (nSPS) is 13.6. The minimum absolute atomic E-state index is 0.633. The molecule has 0 saturated heterocycles. The summed E-state index contributed by atoms with van der Waals surface area (Å²) in [5.41, 5.74) is 3.74. The molecule has 3 rings (SSSR count). The van der Waals surface area contributed by atoms with E-state index in [0.29, 0.717) is 5.95 Å². The molecule has 1 aliphatic rings. The minimum Gasteiger partial charge on any atom is -0.374 e. The van der Waals surface area contributed by atoms with E-state index in [-0.39, 0.29) is 0 Å². The molecule has 0 aliphatic carbocycles. The zero-order chi connectivity index (χ0) is 11.7. The van der Waals surface area contributed by atoms with E-state index in [4.69, 9.17) is 0 Å². The van der Waals surface area contributed by atoms with Gasteiger partial charge in [-0.2, -0.15) is 0 Å². The number of nitrogens with zero attached hydrogens (tertiary/aromatic N) is 3. The van der Waals surface area contributed by atoms with Gasteiger partial charge in [0.2, 0.25) is 5.95 Å². The number of anilines is 3. The molecule has 0 fully saturated rings. The van der Waals surface area contributed by atoms with Crippen LogP contribution in [0.15, 0.2) is 36.7 Å². The third-order valence-corrected chi connectivity index (χ3v) is 3.04. The van der Waals surface area contributed by atoms with Gasteiger partial charge in [0.25, 0.3) is 0 Å². The van der Waals surface area contributed by atoms with Gasteiger partial charge in [-0.15, -0.1) is 0 Å². The summed E-state index contributed by atoms with van der Waals surface area (Å²) in [6.07, 6.45) is 4.59. The third-order valence-electron chi connectivity index (χ3n) is 3.04. The van der Waals surface area contributed by atoms with Gasteiger partial charge in [0, 0.05) is 37.4 Å². The predicted octanol–water partition coefficient (Wildman–Crippen LogP) is 2.21. The highest BCUT2D eigenvalue weighted by Crippen LogP contribution is 2.30. The predicted molar refractivity (Wildman–Crippen MR) is 68.7 cm³/mol. The van der Waals surface area contributed by atoms with E-state index in [1.54, 1.807) is 12.4 Å². The van der Waals surface area contributed by atoms with Gasteiger partial charge < -0.3 is 10.2 Å². The van der Waals surface area contributed by atoms with Crippen LogP contribution in [-0.4, -0.2) is 23.6 Å². The Morgan fingerprint density at radius 1 is 1.24 bits per heavy atom. The number of aromatic nitrogens is 2. The highest BCUT2D eigenvalue weighted by atomic mass is 15.1. The fraction of sp³-hybridized carbons (Fsp3) is 0.231. The summed E-state index contributed by atoms with van der Waals surface area (Å²) in [4.78, 5) is 10.6. The van der Waals surface area contributed by atoms with Crippen molar-refractivity contribution in [2.24, 2.45) is 0 Å². The largest absolute Gasteiger partial charge is 0.374 e. The van der Waals surface area contributed by atoms with Crippen LogP contribution in [-0.2, 0) is 6.42 Å². The van der Waals surface area contributed by atoms with E-state index in [1.807, 2.05) is 6.07 Å². The summed E-state index contributed by atoms with van der Waals surface area (Å²) in [5.74, 6) is 0.633. The molecule has 0 saturated carbocycles. The van der Waals surface area contributed by atoms with Gasteiger partial charge in [0.1, 0.15) is 0 Å². The zero-order valence-electron chi connectivity index (χ0n) is 9.72. The van der Waals surface area contributed by atoms with Crippen molar-refractivity contribution in [1.29, 1.82) is 0 Å². The number of rotatable bonds is 2. The van der Waals surface area contributed by atoms with Crippen LogP contribution >= 0.6 is 0 Å². The monoisotopic (exact) mass is 226 g/mol. The van der Waals surface area contributed by atoms with Crippen molar-refractivity contribution >= 4 is 17.3 Å². The lowest BCUT2D eigenvalue weighted by Gasteiger charge is -2.13. The lowest BCUT2D eigenvalue weighted by molar-refractivity contribution is 0.956. The highest BCUT2D eigenvalue weighted by molar-refractivity contribution is 5.67. The maximum absolute atomic E-state index is 4.15. The Labute approximate surface area is 100 Å². The Morgan fingerprint density at radius 2 is 2.06 bits per heavy atom. The molecule has 0 radical (unpaired) electrons. The van der Waals surface area contributed by atoms with Crippen molar-refractivity contribution < 1.29 is 0 Å². The SMILES string of the molecule is CN1CCc2ccc(Nc3ncccn3)cc21. The van der Waals surface area contributed by atoms with Crippen LogP contribution < -0.4 is 10.2 Å². The summed E-state index contributed by atoms with van der Waals surface area (Å²) in [5, 5.41) is 3.21. The van der Waals surface area contributed by atoms with Crippen molar-refractivity contribution in [1.82, 2.24) is 9.97 Å². The van der Waals surface area contributed by atoms with Crippen LogP contribution in [0.2, 0.25) is 0 Å². The van der Waals surface area contributed by atoms with Crippen LogP contribution in [0.4, 0.5) is 17.3 Å². The first-order valence-electron chi connectivity index (χ1n) is 5.71. The molecule has 4 nitrogen and oxygen atoms in total. The van der Waals surface area contributed by atoms with Crippen molar-refractivity contribution in [2.75, 3.05) is 23.8 Å². The minimum atomic E-state index is 0.633. The van der Waals surface area contributed by atoms with Gasteiger partial charge in [0.05, 0.1) is 0 Å². The molecular formula is C13H14N4. The summed E-state index contributed by atoms with van der Waals surface area (Å²) < 4.78 is 0. The number of likely N-dealkylation sites (N-methyl/N-ethyl adjacent to an activating group) is 1. The maximum Gasteiger partial charge on any atom is 0.227 e. The van der Waals surface area contributed by atoms with E-state index in [0.717, 1.165) is 18.7 Å². The number of fused-ring (bicyclic) bond motifs is 1. The molecule has 1 N–H and O–H groups in total. The summed E-state index contributed by atoms with van der Waals surface area (Å²) in [6.45, 7) is 1.10. The first kappa shape index (κ1) is 10.1. The number of hydrogen-bond acceptors (Lipinski definition) is 4. The number of nitrogens with one attached hydrogen (secondary N) is 1. The van der Waals surface area contributed by atoms with Crippen LogP contribution in [0.25, 0.3) is 0 Å². The van der Waals surface area contributed by atoms with Gasteiger partial charge in [-0.3, -0.25) is 0 Å². The average molecular weight is 226 g/mol. The second-order valence-corrected chi connectivity index (χ2v) is 4.21. The fourth-order valence-electron chi connectivity index (χ4n) is 2.11. The summed E-state index contributed by atoms with van der Waals surface area (Å²) >= 11 is 0. The first-order chi connectivity index (χ1) is 8.33. The molecule has 17 heavy (non-hydrogen) atoms. The maximum atomic E-state index is 4.15. The second kappa shape index (κ2) is 4.05. The zero-order valence-corrected chi connectivity index (χ0v) is 9.72. The Balaban J connectivity index is 1.88. The second-order valence-electron chi connectivity index (χ2n) is 4.21. The molecule has 0 bridgehead atoms. The standard InChI is InChI=1S/C13H14N4/c1-17-8-5-10-3-4-11(9-12(10)17)16-13-14-6-2-7-15-13/h2-4,6-7,9H,5,8H2,1H3,(H,14,15,16). The topological polar surface area (TPSA) is 41.0 Å². The Hall–Kier alpha value is -2.10. The molecular weight excluding hydrogens is 212 g/mol. The summed E-state index contributed by atoms with van der Waals surface area (Å²) in [6, 6.07) is 8.21. The van der Waals surface area contributed by atoms with E-state index in [2.05, 4.69) is 45.4 Å². The lowest BCUT2D eigenvalue weighted by Crippen LogP contribution is -2.12. The molecule has 1 aromatic heterocycles. The van der Waals surface area contributed by atoms with Gasteiger partial charge in [-0.1, -0.05) is 6.07 Å². The molecule has 2 heterocycles. The van der Waals surface area contributed by atoms with Crippen molar-refractivity contribution in [3.05, 3.63) is 42.2 Å². The molecule has 4 heteroatoms. The molecule has 86 valence electrons. The first-order valence-corrected chi connectivity index (χ1v) is 5.71. The van der Waals surface area contributed by atoms with Crippen molar-refractivity contribution in [2.45, 2.75) is 6.42 Å². The van der Waals surface area contributed by atoms with Crippen molar-refractivity contribution in [3.8, 4) is 0 Å². The van der Waals surface area contributed by atoms with E-state index in [1.165, 1.54) is 11.3 Å². The Kier molecular flexibility index (Phi) is 2.40. The van der Waals surface area contributed by atoms with Crippen LogP contribution in [0.5, 0.6) is 0 Å². The van der Waals surface area contributed by atoms with Crippen LogP contribution in [0.1, 0.15) is 5.56 Å². The molecule has 2 aromatic rings. The van der Waals surface area contributed by atoms with E-state index >= 15 is 0 Å². The Bertz CT molecular complexity index is 524. The van der Waals surface area contributed by atoms with E-state index < -0.39 is 0 Å². The van der Waals surface area contributed by atoms with Crippen LogP contribution in [0, 0.1) is 0 Å². The van der Waals surface area contributed by atoms with Gasteiger partial charge in [-0.25, -0.2) is 9.97 Å². The lowest BCUT2D eigenvalue weighted by atomic mass is 10.1. The number of benzene rings is 1. The van der Waals surface area contributed by atoms with Crippen molar-refractivity contribution in [3.63, 3.8) is 0 Å². The molecule has 0 amide bonds. The van der Waals surface area contributed by atoms with Crippen LogP contribution in [0.3, 0.4) is 0 Å². The number of hydrogen-bond donors (Lipinski definition) is 1. The summed E-state index contributed by atoms with van der Waals surface area (Å²) in [7, 11) is 2.12. The quantitative estimate of drug-likeness (QED) is 0.852. The molecule has 1 aromatic carbocycles. The van der Waals surface area contributed by atoms with E-state index in [9.17, 15) is 0 Å². The van der Waals surface area contributed by atoms with Gasteiger partial charge in [0.15, 0.2) is 0 Å². The molecule has 0 unspecified atom stereocenters. The smallest absolute Gasteiger partial charge is 0.227 e. The average Bonchev–Trinajstić information content (AvgIpc) is 2.73. The highest BCUT2D eigenvalue weighted by Gasteiger charge is 2.15. The molecule has 1 aliphatic heterocycles. The molecule has 0 spiro atoms. The van der Waals surface area contributed by atoms with Gasteiger partial charge >= 0.3 is 0 Å². The molecule has 0 atom stereocenters.